The van der Waals surface area contributed by atoms with Crippen LogP contribution in [0.4, 0.5) is 4.79 Å². The second-order valence-corrected chi connectivity index (χ2v) is 6.12. The van der Waals surface area contributed by atoms with E-state index < -0.39 is 11.6 Å². The van der Waals surface area contributed by atoms with E-state index in [1.807, 2.05) is 13.8 Å². The van der Waals surface area contributed by atoms with Crippen molar-refractivity contribution in [2.75, 3.05) is 7.05 Å². The van der Waals surface area contributed by atoms with Crippen LogP contribution in [-0.4, -0.2) is 29.1 Å². The highest BCUT2D eigenvalue weighted by Crippen LogP contribution is 2.33. The van der Waals surface area contributed by atoms with Crippen LogP contribution >= 0.6 is 47.8 Å². The first kappa shape index (κ1) is 15.6. The minimum Gasteiger partial charge on any atom is -0.323 e. The molecule has 1 amide bonds. The van der Waals surface area contributed by atoms with Gasteiger partial charge in [0.25, 0.3) is 0 Å². The van der Waals surface area contributed by atoms with Gasteiger partial charge in [-0.05, 0) is 61.6 Å². The Bertz CT molecular complexity index is 484. The maximum atomic E-state index is 10.9. The van der Waals surface area contributed by atoms with E-state index in [1.54, 1.807) is 4.68 Å². The predicted octanol–water partition coefficient (Wildman–Crippen LogP) is 3.25. The summed E-state index contributed by atoms with van der Waals surface area (Å²) in [7, 11) is 1.46. The number of oxime groups is 1. The highest BCUT2D eigenvalue weighted by Gasteiger charge is 2.25. The van der Waals surface area contributed by atoms with Gasteiger partial charge in [-0.15, -0.1) is 0 Å². The number of carbonyl (C=O) groups is 1. The molecule has 1 rings (SSSR count). The molecule has 0 aliphatic heterocycles. The summed E-state index contributed by atoms with van der Waals surface area (Å²) in [6.07, 6.45) is 0.864. The summed E-state index contributed by atoms with van der Waals surface area (Å²) in [6, 6.07) is 0. The zero-order valence-electron chi connectivity index (χ0n) is 9.87. The van der Waals surface area contributed by atoms with E-state index in [0.29, 0.717) is 4.60 Å². The molecule has 0 atom stereocenters. The number of hydrogen-bond acceptors (Lipinski definition) is 4. The predicted molar refractivity (Wildman–Crippen MR) is 78.7 cm³/mol. The molecule has 0 aliphatic rings. The molecule has 0 bridgehead atoms. The third-order valence-corrected chi connectivity index (χ3v) is 5.09. The molecule has 0 unspecified atom stereocenters. The van der Waals surface area contributed by atoms with Crippen molar-refractivity contribution < 1.29 is 9.63 Å². The highest BCUT2D eigenvalue weighted by molar-refractivity contribution is 9.14. The molecule has 1 heterocycles. The van der Waals surface area contributed by atoms with E-state index in [1.165, 1.54) is 13.3 Å². The van der Waals surface area contributed by atoms with Crippen LogP contribution in [0.15, 0.2) is 18.8 Å². The van der Waals surface area contributed by atoms with Crippen LogP contribution in [0.2, 0.25) is 0 Å². The van der Waals surface area contributed by atoms with Gasteiger partial charge in [0.15, 0.2) is 0 Å². The minimum absolute atomic E-state index is 0.568. The number of aromatic nitrogens is 2. The van der Waals surface area contributed by atoms with Crippen molar-refractivity contribution in [1.29, 1.82) is 0 Å². The average molecular weight is 447 g/mol. The zero-order chi connectivity index (χ0) is 13.9. The Kier molecular flexibility index (Phi) is 5.35. The van der Waals surface area contributed by atoms with Crippen molar-refractivity contribution >= 4 is 60.1 Å². The van der Waals surface area contributed by atoms with Gasteiger partial charge >= 0.3 is 6.09 Å². The Morgan fingerprint density at radius 3 is 2.56 bits per heavy atom. The minimum atomic E-state index is -0.621. The van der Waals surface area contributed by atoms with Crippen LogP contribution in [0, 0.1) is 0 Å². The molecule has 18 heavy (non-hydrogen) atoms. The summed E-state index contributed by atoms with van der Waals surface area (Å²) in [5, 5.41) is 10.2. The van der Waals surface area contributed by atoms with E-state index in [-0.39, 0.29) is 0 Å². The summed E-state index contributed by atoms with van der Waals surface area (Å²) in [6.45, 7) is 3.75. The van der Waals surface area contributed by atoms with Crippen LogP contribution in [0.25, 0.3) is 0 Å². The van der Waals surface area contributed by atoms with Gasteiger partial charge in [-0.2, -0.15) is 5.10 Å². The fraction of sp³-hybridized carbons (Fsp3) is 0.444. The molecular formula is C9H11Br3N4O2. The number of nitrogens with zero attached hydrogens (tertiary/aromatic N) is 3. The summed E-state index contributed by atoms with van der Waals surface area (Å²) in [5.74, 6) is 0. The molecule has 1 aromatic heterocycles. The second kappa shape index (κ2) is 6.16. The van der Waals surface area contributed by atoms with E-state index >= 15 is 0 Å². The Morgan fingerprint density at radius 1 is 1.50 bits per heavy atom. The molecule has 0 aromatic carbocycles. The molecule has 0 aliphatic carbocycles. The number of nitrogens with one attached hydrogen (secondary N) is 1. The number of carbonyl (C=O) groups excluding carboxylic acids is 1. The summed E-state index contributed by atoms with van der Waals surface area (Å²) in [5.41, 5.74) is -0.568. The Hall–Kier alpha value is -0.410. The fourth-order valence-corrected chi connectivity index (χ4v) is 2.62. The van der Waals surface area contributed by atoms with Crippen LogP contribution in [0.3, 0.4) is 0 Å². The van der Waals surface area contributed by atoms with Crippen molar-refractivity contribution in [2.45, 2.75) is 19.4 Å². The fourth-order valence-electron chi connectivity index (χ4n) is 1.04. The lowest BCUT2D eigenvalue weighted by Crippen LogP contribution is -2.30. The van der Waals surface area contributed by atoms with Crippen molar-refractivity contribution in [2.24, 2.45) is 5.16 Å². The van der Waals surface area contributed by atoms with Crippen LogP contribution in [0.5, 0.6) is 0 Å². The second-order valence-electron chi connectivity index (χ2n) is 3.82. The number of amides is 1. The van der Waals surface area contributed by atoms with Gasteiger partial charge in [-0.1, -0.05) is 5.16 Å². The van der Waals surface area contributed by atoms with Gasteiger partial charge in [0.1, 0.15) is 9.21 Å². The van der Waals surface area contributed by atoms with Gasteiger partial charge in [0.05, 0.1) is 16.2 Å². The van der Waals surface area contributed by atoms with E-state index in [4.69, 9.17) is 0 Å². The van der Waals surface area contributed by atoms with Crippen LogP contribution in [-0.2, 0) is 10.4 Å². The first-order chi connectivity index (χ1) is 8.29. The topological polar surface area (TPSA) is 68.5 Å². The standard InChI is InChI=1S/C9H11Br3N4O2/c1-9(2,4-14-18-8(17)13-3)16-7(12)5(10)6(11)15-16/h4H,1-3H3,(H,13,17). The summed E-state index contributed by atoms with van der Waals surface area (Å²) < 4.78 is 3.92. The molecule has 0 saturated carbocycles. The Labute approximate surface area is 130 Å². The van der Waals surface area contributed by atoms with E-state index in [0.717, 1.165) is 9.08 Å². The number of halogens is 3. The SMILES string of the molecule is CNC(=O)ON=CC(C)(C)n1nc(Br)c(Br)c1Br. The number of hydrogen-bond donors (Lipinski definition) is 1. The molecule has 9 heteroatoms. The third-order valence-electron chi connectivity index (χ3n) is 1.99. The van der Waals surface area contributed by atoms with Crippen molar-refractivity contribution in [3.8, 4) is 0 Å². The lowest BCUT2D eigenvalue weighted by Gasteiger charge is -2.20. The first-order valence-electron chi connectivity index (χ1n) is 4.83. The summed E-state index contributed by atoms with van der Waals surface area (Å²) in [4.78, 5) is 15.4. The number of rotatable bonds is 3. The Balaban J connectivity index is 2.92. The van der Waals surface area contributed by atoms with Crippen molar-refractivity contribution in [3.05, 3.63) is 13.7 Å². The normalized spacial score (nSPS) is 11.9. The molecule has 0 radical (unpaired) electrons. The van der Waals surface area contributed by atoms with E-state index in [2.05, 4.69) is 68.2 Å². The van der Waals surface area contributed by atoms with Gasteiger partial charge < -0.3 is 5.32 Å². The smallest absolute Gasteiger partial charge is 0.323 e. The van der Waals surface area contributed by atoms with Gasteiger partial charge in [-0.25, -0.2) is 9.48 Å². The van der Waals surface area contributed by atoms with Gasteiger partial charge in [0, 0.05) is 7.05 Å². The molecule has 0 saturated heterocycles. The highest BCUT2D eigenvalue weighted by atomic mass is 79.9. The first-order valence-corrected chi connectivity index (χ1v) is 7.20. The van der Waals surface area contributed by atoms with Crippen LogP contribution < -0.4 is 5.32 Å². The largest absolute Gasteiger partial charge is 0.433 e. The van der Waals surface area contributed by atoms with Crippen LogP contribution in [0.1, 0.15) is 13.8 Å². The molecule has 0 spiro atoms. The van der Waals surface area contributed by atoms with Gasteiger partial charge in [0.2, 0.25) is 0 Å². The molecule has 6 nitrogen and oxygen atoms in total. The molecule has 1 N–H and O–H groups in total. The Morgan fingerprint density at radius 2 is 2.11 bits per heavy atom. The lowest BCUT2D eigenvalue weighted by atomic mass is 10.1. The summed E-state index contributed by atoms with van der Waals surface area (Å²) >= 11 is 10.1. The molecule has 1 aromatic rings. The lowest BCUT2D eigenvalue weighted by molar-refractivity contribution is 0.152. The van der Waals surface area contributed by atoms with Crippen molar-refractivity contribution in [3.63, 3.8) is 0 Å². The molecular weight excluding hydrogens is 436 g/mol. The van der Waals surface area contributed by atoms with Crippen molar-refractivity contribution in [1.82, 2.24) is 15.1 Å². The molecule has 100 valence electrons. The monoisotopic (exact) mass is 444 g/mol. The maximum Gasteiger partial charge on any atom is 0.433 e. The third kappa shape index (κ3) is 3.55. The maximum absolute atomic E-state index is 10.9. The quantitative estimate of drug-likeness (QED) is 0.440. The molecule has 0 fully saturated rings. The average Bonchev–Trinajstić information content (AvgIpc) is 2.57. The zero-order valence-corrected chi connectivity index (χ0v) is 14.6. The van der Waals surface area contributed by atoms with E-state index in [9.17, 15) is 4.79 Å². The van der Waals surface area contributed by atoms with Gasteiger partial charge in [-0.3, -0.25) is 4.84 Å².